The highest BCUT2D eigenvalue weighted by atomic mass is 16.5. The van der Waals surface area contributed by atoms with Gasteiger partial charge < -0.3 is 10.1 Å². The Morgan fingerprint density at radius 1 is 1.05 bits per heavy atom. The average Bonchev–Trinajstić information content (AvgIpc) is 2.44. The lowest BCUT2D eigenvalue weighted by molar-refractivity contribution is 0.332. The van der Waals surface area contributed by atoms with Crippen LogP contribution in [0.2, 0.25) is 0 Å². The lowest BCUT2D eigenvalue weighted by atomic mass is 9.87. The first-order valence-corrected chi connectivity index (χ1v) is 6.80. The SMILES string of the molecule is CC(C)(C)c1ccc(OCCNc2ncccn2)cc1. The molecule has 0 aliphatic carbocycles. The predicted octanol–water partition coefficient (Wildman–Crippen LogP) is 3.27. The van der Waals surface area contributed by atoms with E-state index >= 15 is 0 Å². The second-order valence-electron chi connectivity index (χ2n) is 5.62. The van der Waals surface area contributed by atoms with Crippen molar-refractivity contribution in [3.05, 3.63) is 48.3 Å². The first-order valence-electron chi connectivity index (χ1n) is 6.80. The number of nitrogens with zero attached hydrogens (tertiary/aromatic N) is 2. The molecule has 1 N–H and O–H groups in total. The molecule has 0 bridgehead atoms. The number of benzene rings is 1. The highest BCUT2D eigenvalue weighted by molar-refractivity contribution is 5.31. The van der Waals surface area contributed by atoms with Crippen LogP contribution >= 0.6 is 0 Å². The van der Waals surface area contributed by atoms with Crippen molar-refractivity contribution in [2.45, 2.75) is 26.2 Å². The third-order valence-electron chi connectivity index (χ3n) is 2.94. The van der Waals surface area contributed by atoms with E-state index in [0.717, 1.165) is 5.75 Å². The van der Waals surface area contributed by atoms with Gasteiger partial charge in [0.2, 0.25) is 5.95 Å². The summed E-state index contributed by atoms with van der Waals surface area (Å²) in [6.07, 6.45) is 3.42. The highest BCUT2D eigenvalue weighted by Crippen LogP contribution is 2.24. The average molecular weight is 271 g/mol. The van der Waals surface area contributed by atoms with Gasteiger partial charge in [0.1, 0.15) is 12.4 Å². The molecule has 0 radical (unpaired) electrons. The van der Waals surface area contributed by atoms with Crippen molar-refractivity contribution >= 4 is 5.95 Å². The van der Waals surface area contributed by atoms with Crippen LogP contribution in [-0.4, -0.2) is 23.1 Å². The molecule has 0 aliphatic rings. The van der Waals surface area contributed by atoms with Gasteiger partial charge in [-0.15, -0.1) is 0 Å². The zero-order valence-corrected chi connectivity index (χ0v) is 12.3. The van der Waals surface area contributed by atoms with E-state index in [1.54, 1.807) is 18.5 Å². The van der Waals surface area contributed by atoms with E-state index in [-0.39, 0.29) is 5.41 Å². The van der Waals surface area contributed by atoms with E-state index < -0.39 is 0 Å². The van der Waals surface area contributed by atoms with Crippen LogP contribution in [0.5, 0.6) is 5.75 Å². The van der Waals surface area contributed by atoms with Gasteiger partial charge in [-0.3, -0.25) is 0 Å². The smallest absolute Gasteiger partial charge is 0.222 e. The number of rotatable bonds is 5. The maximum atomic E-state index is 5.68. The topological polar surface area (TPSA) is 47.0 Å². The molecule has 2 rings (SSSR count). The number of hydrogen-bond acceptors (Lipinski definition) is 4. The minimum absolute atomic E-state index is 0.171. The zero-order chi connectivity index (χ0) is 14.4. The molecule has 106 valence electrons. The number of aromatic nitrogens is 2. The third-order valence-corrected chi connectivity index (χ3v) is 2.94. The molecule has 0 aliphatic heterocycles. The summed E-state index contributed by atoms with van der Waals surface area (Å²) in [7, 11) is 0. The van der Waals surface area contributed by atoms with E-state index in [4.69, 9.17) is 4.74 Å². The first-order chi connectivity index (χ1) is 9.55. The van der Waals surface area contributed by atoms with Crippen LogP contribution in [-0.2, 0) is 5.41 Å². The Kier molecular flexibility index (Phi) is 4.56. The van der Waals surface area contributed by atoms with Gasteiger partial charge in [0.05, 0.1) is 6.54 Å². The molecular weight excluding hydrogens is 250 g/mol. The summed E-state index contributed by atoms with van der Waals surface area (Å²) < 4.78 is 5.68. The number of ether oxygens (including phenoxy) is 1. The van der Waals surface area contributed by atoms with Gasteiger partial charge in [-0.1, -0.05) is 32.9 Å². The summed E-state index contributed by atoms with van der Waals surface area (Å²) in [5.74, 6) is 1.51. The largest absolute Gasteiger partial charge is 0.492 e. The van der Waals surface area contributed by atoms with Crippen LogP contribution in [0, 0.1) is 0 Å². The van der Waals surface area contributed by atoms with E-state index in [0.29, 0.717) is 19.1 Å². The van der Waals surface area contributed by atoms with Crippen LogP contribution < -0.4 is 10.1 Å². The summed E-state index contributed by atoms with van der Waals surface area (Å²) in [4.78, 5) is 8.17. The summed E-state index contributed by atoms with van der Waals surface area (Å²) in [6, 6.07) is 10.0. The monoisotopic (exact) mass is 271 g/mol. The van der Waals surface area contributed by atoms with Crippen molar-refractivity contribution in [2.24, 2.45) is 0 Å². The van der Waals surface area contributed by atoms with Gasteiger partial charge in [-0.2, -0.15) is 0 Å². The fourth-order valence-electron chi connectivity index (χ4n) is 1.77. The van der Waals surface area contributed by atoms with Crippen molar-refractivity contribution in [1.82, 2.24) is 9.97 Å². The Bertz CT molecular complexity index is 518. The fourth-order valence-corrected chi connectivity index (χ4v) is 1.77. The molecule has 20 heavy (non-hydrogen) atoms. The summed E-state index contributed by atoms with van der Waals surface area (Å²) in [5.41, 5.74) is 1.48. The molecule has 0 unspecified atom stereocenters. The van der Waals surface area contributed by atoms with Gasteiger partial charge >= 0.3 is 0 Å². The van der Waals surface area contributed by atoms with Crippen molar-refractivity contribution in [2.75, 3.05) is 18.5 Å². The minimum atomic E-state index is 0.171. The standard InChI is InChI=1S/C16H21N3O/c1-16(2,3)13-5-7-14(8-6-13)20-12-11-19-15-17-9-4-10-18-15/h4-10H,11-12H2,1-3H3,(H,17,18,19). The Balaban J connectivity index is 1.77. The zero-order valence-electron chi connectivity index (χ0n) is 12.3. The molecule has 2 aromatic rings. The van der Waals surface area contributed by atoms with Crippen molar-refractivity contribution < 1.29 is 4.74 Å². The van der Waals surface area contributed by atoms with Crippen molar-refractivity contribution in [3.8, 4) is 5.75 Å². The minimum Gasteiger partial charge on any atom is -0.492 e. The van der Waals surface area contributed by atoms with E-state index in [1.807, 2.05) is 12.1 Å². The van der Waals surface area contributed by atoms with Gasteiger partial charge in [-0.05, 0) is 29.2 Å². The maximum absolute atomic E-state index is 5.68. The summed E-state index contributed by atoms with van der Waals surface area (Å²) in [5, 5.41) is 3.10. The second kappa shape index (κ2) is 6.37. The van der Waals surface area contributed by atoms with Crippen LogP contribution in [0.4, 0.5) is 5.95 Å². The molecule has 1 aromatic carbocycles. The molecule has 0 atom stereocenters. The Morgan fingerprint density at radius 2 is 1.70 bits per heavy atom. The lowest BCUT2D eigenvalue weighted by Crippen LogP contribution is -2.13. The molecule has 0 fully saturated rings. The molecule has 0 amide bonds. The van der Waals surface area contributed by atoms with Crippen LogP contribution in [0.25, 0.3) is 0 Å². The third kappa shape index (κ3) is 4.23. The van der Waals surface area contributed by atoms with Crippen LogP contribution in [0.3, 0.4) is 0 Å². The Labute approximate surface area is 120 Å². The fraction of sp³-hybridized carbons (Fsp3) is 0.375. The van der Waals surface area contributed by atoms with Gasteiger partial charge in [0.25, 0.3) is 0 Å². The quantitative estimate of drug-likeness (QED) is 0.848. The number of anilines is 1. The lowest BCUT2D eigenvalue weighted by Gasteiger charge is -2.19. The molecule has 4 heteroatoms. The maximum Gasteiger partial charge on any atom is 0.222 e. The molecule has 0 saturated carbocycles. The summed E-state index contributed by atoms with van der Waals surface area (Å²) >= 11 is 0. The molecule has 0 spiro atoms. The molecule has 0 saturated heterocycles. The van der Waals surface area contributed by atoms with Gasteiger partial charge in [-0.25, -0.2) is 9.97 Å². The summed E-state index contributed by atoms with van der Waals surface area (Å²) in [6.45, 7) is 7.85. The molecule has 4 nitrogen and oxygen atoms in total. The first kappa shape index (κ1) is 14.3. The van der Waals surface area contributed by atoms with Crippen molar-refractivity contribution in [1.29, 1.82) is 0 Å². The normalized spacial score (nSPS) is 11.2. The van der Waals surface area contributed by atoms with Gasteiger partial charge in [0, 0.05) is 12.4 Å². The Morgan fingerprint density at radius 3 is 2.30 bits per heavy atom. The molecule has 1 aromatic heterocycles. The molecule has 1 heterocycles. The second-order valence-corrected chi connectivity index (χ2v) is 5.62. The highest BCUT2D eigenvalue weighted by Gasteiger charge is 2.12. The Hall–Kier alpha value is -2.10. The van der Waals surface area contributed by atoms with Gasteiger partial charge in [0.15, 0.2) is 0 Å². The van der Waals surface area contributed by atoms with E-state index in [9.17, 15) is 0 Å². The van der Waals surface area contributed by atoms with E-state index in [1.165, 1.54) is 5.56 Å². The number of hydrogen-bond donors (Lipinski definition) is 1. The van der Waals surface area contributed by atoms with Crippen LogP contribution in [0.15, 0.2) is 42.7 Å². The molecular formula is C16H21N3O. The van der Waals surface area contributed by atoms with Crippen molar-refractivity contribution in [3.63, 3.8) is 0 Å². The van der Waals surface area contributed by atoms with Crippen LogP contribution in [0.1, 0.15) is 26.3 Å². The predicted molar refractivity (Wildman–Crippen MR) is 81.2 cm³/mol. The van der Waals surface area contributed by atoms with E-state index in [2.05, 4.69) is 48.2 Å². The number of nitrogens with one attached hydrogen (secondary N) is 1.